The molecule has 0 heterocycles. The maximum atomic E-state index is 12.7. The average Bonchev–Trinajstić information content (AvgIpc) is 2.74. The van der Waals surface area contributed by atoms with Crippen LogP contribution in [0.5, 0.6) is 0 Å². The molecule has 0 aliphatic carbocycles. The van der Waals surface area contributed by atoms with Gasteiger partial charge in [-0.1, -0.05) is 85.8 Å². The summed E-state index contributed by atoms with van der Waals surface area (Å²) in [5.41, 5.74) is 3.91. The van der Waals surface area contributed by atoms with Crippen LogP contribution in [0.2, 0.25) is 0 Å². The molecule has 0 aromatic heterocycles. The largest absolute Gasteiger partial charge is 0.454 e. The summed E-state index contributed by atoms with van der Waals surface area (Å²) in [6.07, 6.45) is 1.69. The van der Waals surface area contributed by atoms with Crippen LogP contribution in [0.4, 0.5) is 0 Å². The van der Waals surface area contributed by atoms with Crippen molar-refractivity contribution in [3.63, 3.8) is 0 Å². The number of hydrogen-bond acceptors (Lipinski definition) is 2. The summed E-state index contributed by atoms with van der Waals surface area (Å²) in [6.45, 7) is 4.14. The maximum Gasteiger partial charge on any atom is 0.338 e. The highest BCUT2D eigenvalue weighted by molar-refractivity contribution is 5.89. The summed E-state index contributed by atoms with van der Waals surface area (Å²) < 4.78 is 5.93. The van der Waals surface area contributed by atoms with E-state index in [1.54, 1.807) is 12.1 Å². The smallest absolute Gasteiger partial charge is 0.338 e. The summed E-state index contributed by atoms with van der Waals surface area (Å²) >= 11 is 0. The van der Waals surface area contributed by atoms with E-state index in [4.69, 9.17) is 4.74 Å². The van der Waals surface area contributed by atoms with E-state index < -0.39 is 0 Å². The minimum Gasteiger partial charge on any atom is -0.454 e. The topological polar surface area (TPSA) is 26.3 Å². The van der Waals surface area contributed by atoms with Gasteiger partial charge in [-0.25, -0.2) is 4.79 Å². The summed E-state index contributed by atoms with van der Waals surface area (Å²) in [6, 6.07) is 29.4. The van der Waals surface area contributed by atoms with E-state index >= 15 is 0 Å². The Bertz CT molecular complexity index is 883. The van der Waals surface area contributed by atoms with E-state index in [1.165, 1.54) is 0 Å². The van der Waals surface area contributed by atoms with Gasteiger partial charge in [0.1, 0.15) is 6.10 Å². The van der Waals surface area contributed by atoms with Gasteiger partial charge >= 0.3 is 5.97 Å². The van der Waals surface area contributed by atoms with Crippen LogP contribution < -0.4 is 0 Å². The Hall–Kier alpha value is -3.13. The minimum absolute atomic E-state index is 0.0394. The minimum atomic E-state index is -0.361. The third kappa shape index (κ3) is 4.95. The highest BCUT2D eigenvalue weighted by atomic mass is 16.5. The van der Waals surface area contributed by atoms with Crippen LogP contribution in [-0.4, -0.2) is 12.1 Å². The monoisotopic (exact) mass is 356 g/mol. The van der Waals surface area contributed by atoms with E-state index in [9.17, 15) is 4.79 Å². The zero-order valence-corrected chi connectivity index (χ0v) is 15.7. The van der Waals surface area contributed by atoms with Crippen LogP contribution in [-0.2, 0) is 4.74 Å². The standard InChI is InChI=1S/C25H24O2/c1-19(21-12-6-3-7-13-21)18-24(20(2)22-14-8-4-9-15-22)27-25(26)23-16-10-5-11-17-23/h3-18,20,24H,1-2H3/b19-18+/t20-,24?/m0/s1. The van der Waals surface area contributed by atoms with Crippen molar-refractivity contribution in [2.24, 2.45) is 0 Å². The van der Waals surface area contributed by atoms with E-state index in [0.717, 1.165) is 16.7 Å². The van der Waals surface area contributed by atoms with Crippen molar-refractivity contribution in [3.05, 3.63) is 114 Å². The molecule has 27 heavy (non-hydrogen) atoms. The Labute approximate surface area is 161 Å². The molecule has 0 aliphatic rings. The molecule has 0 saturated carbocycles. The van der Waals surface area contributed by atoms with Crippen molar-refractivity contribution in [1.82, 2.24) is 0 Å². The van der Waals surface area contributed by atoms with Gasteiger partial charge in [0.15, 0.2) is 0 Å². The first-order valence-corrected chi connectivity index (χ1v) is 9.20. The summed E-state index contributed by atoms with van der Waals surface area (Å²) in [5, 5.41) is 0. The Balaban J connectivity index is 1.90. The first kappa shape index (κ1) is 18.7. The zero-order chi connectivity index (χ0) is 19.1. The van der Waals surface area contributed by atoms with Gasteiger partial charge in [-0.05, 0) is 41.8 Å². The van der Waals surface area contributed by atoms with E-state index in [2.05, 4.69) is 38.1 Å². The van der Waals surface area contributed by atoms with Crippen LogP contribution in [0.25, 0.3) is 5.57 Å². The van der Waals surface area contributed by atoms with Crippen LogP contribution in [0.15, 0.2) is 97.1 Å². The van der Waals surface area contributed by atoms with E-state index in [1.807, 2.05) is 60.7 Å². The second-order valence-corrected chi connectivity index (χ2v) is 6.65. The van der Waals surface area contributed by atoms with Gasteiger partial charge in [-0.3, -0.25) is 0 Å². The van der Waals surface area contributed by atoms with Gasteiger partial charge in [0.05, 0.1) is 5.56 Å². The van der Waals surface area contributed by atoms with Gasteiger partial charge in [-0.2, -0.15) is 0 Å². The van der Waals surface area contributed by atoms with Crippen molar-refractivity contribution in [1.29, 1.82) is 0 Å². The molecule has 2 nitrogen and oxygen atoms in total. The number of benzene rings is 3. The maximum absolute atomic E-state index is 12.7. The Morgan fingerprint density at radius 2 is 1.26 bits per heavy atom. The second kappa shape index (κ2) is 9.00. The normalized spacial score (nSPS) is 13.6. The number of rotatable bonds is 6. The lowest BCUT2D eigenvalue weighted by Gasteiger charge is -2.23. The first-order valence-electron chi connectivity index (χ1n) is 9.20. The van der Waals surface area contributed by atoms with Gasteiger partial charge < -0.3 is 4.74 Å². The fourth-order valence-electron chi connectivity index (χ4n) is 3.04. The predicted molar refractivity (Wildman–Crippen MR) is 111 cm³/mol. The molecule has 3 aromatic carbocycles. The lowest BCUT2D eigenvalue weighted by atomic mass is 9.92. The molecule has 0 N–H and O–H groups in total. The molecule has 1 unspecified atom stereocenters. The molecule has 0 radical (unpaired) electrons. The van der Waals surface area contributed by atoms with Gasteiger partial charge in [-0.15, -0.1) is 0 Å². The molecule has 2 heteroatoms. The molecule has 0 aliphatic heterocycles. The fourth-order valence-corrected chi connectivity index (χ4v) is 3.04. The van der Waals surface area contributed by atoms with E-state index in [0.29, 0.717) is 5.56 Å². The van der Waals surface area contributed by atoms with Gasteiger partial charge in [0.25, 0.3) is 0 Å². The highest BCUT2D eigenvalue weighted by Gasteiger charge is 2.22. The average molecular weight is 356 g/mol. The summed E-state index contributed by atoms with van der Waals surface area (Å²) in [4.78, 5) is 12.7. The number of carbonyl (C=O) groups is 1. The number of allylic oxidation sites excluding steroid dienone is 1. The van der Waals surface area contributed by atoms with Crippen molar-refractivity contribution in [2.45, 2.75) is 25.9 Å². The Morgan fingerprint density at radius 3 is 1.81 bits per heavy atom. The van der Waals surface area contributed by atoms with E-state index in [-0.39, 0.29) is 18.0 Å². The Morgan fingerprint density at radius 1 is 0.778 bits per heavy atom. The first-order chi connectivity index (χ1) is 13.1. The lowest BCUT2D eigenvalue weighted by molar-refractivity contribution is 0.0355. The lowest BCUT2D eigenvalue weighted by Crippen LogP contribution is -2.22. The molecule has 3 aromatic rings. The molecular formula is C25H24O2. The van der Waals surface area contributed by atoms with Crippen LogP contribution in [0, 0.1) is 0 Å². The molecule has 2 atom stereocenters. The van der Waals surface area contributed by atoms with Crippen molar-refractivity contribution in [3.8, 4) is 0 Å². The molecule has 0 bridgehead atoms. The molecule has 0 amide bonds. The molecular weight excluding hydrogens is 332 g/mol. The second-order valence-electron chi connectivity index (χ2n) is 6.65. The number of esters is 1. The van der Waals surface area contributed by atoms with Gasteiger partial charge in [0.2, 0.25) is 0 Å². The Kier molecular flexibility index (Phi) is 6.22. The third-order valence-electron chi connectivity index (χ3n) is 4.71. The number of hydrogen-bond donors (Lipinski definition) is 0. The third-order valence-corrected chi connectivity index (χ3v) is 4.71. The van der Waals surface area contributed by atoms with Crippen molar-refractivity contribution < 1.29 is 9.53 Å². The van der Waals surface area contributed by atoms with Crippen LogP contribution >= 0.6 is 0 Å². The number of carbonyl (C=O) groups excluding carboxylic acids is 1. The molecule has 3 rings (SSSR count). The zero-order valence-electron chi connectivity index (χ0n) is 15.7. The predicted octanol–water partition coefficient (Wildman–Crippen LogP) is 6.12. The SMILES string of the molecule is C/C(=C\C(OC(=O)c1ccccc1)[C@@H](C)c1ccccc1)c1ccccc1. The number of ether oxygens (including phenoxy) is 1. The molecule has 136 valence electrons. The molecule has 0 fully saturated rings. The van der Waals surface area contributed by atoms with Crippen molar-refractivity contribution in [2.75, 3.05) is 0 Å². The molecule has 0 saturated heterocycles. The van der Waals surface area contributed by atoms with Crippen LogP contribution in [0.1, 0.15) is 41.3 Å². The molecule has 0 spiro atoms. The van der Waals surface area contributed by atoms with Crippen molar-refractivity contribution >= 4 is 11.5 Å². The summed E-state index contributed by atoms with van der Waals surface area (Å²) in [5.74, 6) is -0.266. The van der Waals surface area contributed by atoms with Gasteiger partial charge in [0, 0.05) is 5.92 Å². The van der Waals surface area contributed by atoms with Crippen LogP contribution in [0.3, 0.4) is 0 Å². The fraction of sp³-hybridized carbons (Fsp3) is 0.160. The highest BCUT2D eigenvalue weighted by Crippen LogP contribution is 2.26. The quantitative estimate of drug-likeness (QED) is 0.497. The summed E-state index contributed by atoms with van der Waals surface area (Å²) in [7, 11) is 0.